The average molecular weight is 250 g/mol. The Bertz CT molecular complexity index is 429. The Kier molecular flexibility index (Phi) is 3.64. The van der Waals surface area contributed by atoms with Crippen molar-refractivity contribution in [2.45, 2.75) is 25.8 Å². The molecule has 1 saturated carbocycles. The molecule has 1 aliphatic rings. The third-order valence-corrected chi connectivity index (χ3v) is 3.34. The van der Waals surface area contributed by atoms with Crippen molar-refractivity contribution in [3.05, 3.63) is 29.3 Å². The Labute approximate surface area is 107 Å². The molecule has 0 radical (unpaired) electrons. The van der Waals surface area contributed by atoms with Crippen LogP contribution < -0.4 is 10.6 Å². The van der Waals surface area contributed by atoms with Crippen LogP contribution in [0.1, 0.15) is 24.0 Å². The third kappa shape index (κ3) is 2.58. The molecular weight excluding hydrogens is 232 g/mol. The lowest BCUT2D eigenvalue weighted by atomic mass is 10.1. The number of benzene rings is 1. The molecule has 0 heterocycles. The van der Waals surface area contributed by atoms with Crippen LogP contribution in [0, 0.1) is 6.92 Å². The highest BCUT2D eigenvalue weighted by Gasteiger charge is 2.31. The summed E-state index contributed by atoms with van der Waals surface area (Å²) in [5, 5.41) is 9.19. The molecule has 2 rings (SSSR count). The van der Waals surface area contributed by atoms with E-state index in [9.17, 15) is 5.11 Å². The Morgan fingerprint density at radius 1 is 1.53 bits per heavy atom. The molecule has 1 aromatic carbocycles. The number of thiocarbonyl (C=S) groups is 1. The van der Waals surface area contributed by atoms with Gasteiger partial charge in [0.05, 0.1) is 12.3 Å². The number of aliphatic hydroxyl groups is 1. The number of rotatable bonds is 5. The summed E-state index contributed by atoms with van der Waals surface area (Å²) in [6, 6.07) is 6.52. The molecule has 0 atom stereocenters. The van der Waals surface area contributed by atoms with Gasteiger partial charge in [-0.15, -0.1) is 0 Å². The van der Waals surface area contributed by atoms with E-state index in [0.717, 1.165) is 16.8 Å². The molecule has 1 aromatic rings. The summed E-state index contributed by atoms with van der Waals surface area (Å²) in [5.41, 5.74) is 8.95. The van der Waals surface area contributed by atoms with Gasteiger partial charge in [-0.05, 0) is 31.4 Å². The highest BCUT2D eigenvalue weighted by molar-refractivity contribution is 7.80. The van der Waals surface area contributed by atoms with E-state index in [0.29, 0.717) is 17.6 Å². The third-order valence-electron chi connectivity index (χ3n) is 3.12. The lowest BCUT2D eigenvalue weighted by molar-refractivity contribution is 0.301. The number of nitrogens with two attached hydrogens (primary N) is 1. The van der Waals surface area contributed by atoms with Crippen molar-refractivity contribution >= 4 is 22.9 Å². The van der Waals surface area contributed by atoms with Gasteiger partial charge >= 0.3 is 0 Å². The van der Waals surface area contributed by atoms with Crippen LogP contribution in [0.15, 0.2) is 18.2 Å². The minimum atomic E-state index is 0.154. The summed E-state index contributed by atoms with van der Waals surface area (Å²) >= 11 is 5.11. The molecule has 92 valence electrons. The molecule has 1 fully saturated rings. The van der Waals surface area contributed by atoms with Crippen LogP contribution in [-0.4, -0.2) is 29.3 Å². The maximum atomic E-state index is 9.19. The molecule has 0 aromatic heterocycles. The minimum Gasteiger partial charge on any atom is -0.395 e. The normalized spacial score (nSPS) is 14.7. The molecule has 3 N–H and O–H groups in total. The predicted molar refractivity (Wildman–Crippen MR) is 74.5 cm³/mol. The fourth-order valence-corrected chi connectivity index (χ4v) is 2.37. The van der Waals surface area contributed by atoms with Crippen molar-refractivity contribution in [2.75, 3.05) is 18.1 Å². The van der Waals surface area contributed by atoms with Crippen LogP contribution >= 0.6 is 12.2 Å². The molecule has 4 heteroatoms. The summed E-state index contributed by atoms with van der Waals surface area (Å²) < 4.78 is 0. The molecule has 0 unspecified atom stereocenters. The van der Waals surface area contributed by atoms with E-state index >= 15 is 0 Å². The van der Waals surface area contributed by atoms with Crippen LogP contribution in [0.25, 0.3) is 0 Å². The fraction of sp³-hybridized carbons (Fsp3) is 0.462. The summed E-state index contributed by atoms with van der Waals surface area (Å²) in [7, 11) is 0. The smallest absolute Gasteiger partial charge is 0.106 e. The van der Waals surface area contributed by atoms with Crippen molar-refractivity contribution in [2.24, 2.45) is 5.73 Å². The first-order valence-corrected chi connectivity index (χ1v) is 6.33. The highest BCUT2D eigenvalue weighted by Crippen LogP contribution is 2.35. The van der Waals surface area contributed by atoms with Crippen LogP contribution in [0.5, 0.6) is 0 Å². The van der Waals surface area contributed by atoms with E-state index in [1.807, 2.05) is 12.1 Å². The molecule has 3 nitrogen and oxygen atoms in total. The Morgan fingerprint density at radius 3 is 2.76 bits per heavy atom. The van der Waals surface area contributed by atoms with Crippen molar-refractivity contribution in [3.8, 4) is 0 Å². The van der Waals surface area contributed by atoms with E-state index in [1.54, 1.807) is 0 Å². The second kappa shape index (κ2) is 5.02. The monoisotopic (exact) mass is 250 g/mol. The van der Waals surface area contributed by atoms with Gasteiger partial charge < -0.3 is 15.7 Å². The summed E-state index contributed by atoms with van der Waals surface area (Å²) in [6.45, 7) is 2.86. The van der Waals surface area contributed by atoms with Gasteiger partial charge in [-0.25, -0.2) is 0 Å². The largest absolute Gasteiger partial charge is 0.395 e. The topological polar surface area (TPSA) is 49.5 Å². The van der Waals surface area contributed by atoms with Gasteiger partial charge in [0.1, 0.15) is 4.99 Å². The predicted octanol–water partition coefficient (Wildman–Crippen LogP) is 1.59. The van der Waals surface area contributed by atoms with E-state index in [2.05, 4.69) is 17.9 Å². The Balaban J connectivity index is 2.43. The van der Waals surface area contributed by atoms with E-state index in [4.69, 9.17) is 18.0 Å². The number of hydrogen-bond acceptors (Lipinski definition) is 3. The molecule has 0 saturated heterocycles. The lowest BCUT2D eigenvalue weighted by Crippen LogP contribution is -2.31. The van der Waals surface area contributed by atoms with Gasteiger partial charge in [0.15, 0.2) is 0 Å². The first-order chi connectivity index (χ1) is 8.15. The van der Waals surface area contributed by atoms with Crippen LogP contribution in [0.4, 0.5) is 5.69 Å². The number of para-hydroxylation sites is 1. The van der Waals surface area contributed by atoms with Crippen molar-refractivity contribution < 1.29 is 5.11 Å². The maximum absolute atomic E-state index is 9.19. The quantitative estimate of drug-likeness (QED) is 0.779. The fourth-order valence-electron chi connectivity index (χ4n) is 2.21. The zero-order chi connectivity index (χ0) is 12.4. The van der Waals surface area contributed by atoms with Gasteiger partial charge in [-0.2, -0.15) is 0 Å². The number of nitrogens with zero attached hydrogens (tertiary/aromatic N) is 1. The number of aliphatic hydroxyl groups excluding tert-OH is 1. The first kappa shape index (κ1) is 12.3. The summed E-state index contributed by atoms with van der Waals surface area (Å²) in [5.74, 6) is 0. The van der Waals surface area contributed by atoms with Crippen molar-refractivity contribution in [1.29, 1.82) is 0 Å². The highest BCUT2D eigenvalue weighted by atomic mass is 32.1. The summed E-state index contributed by atoms with van der Waals surface area (Å²) in [4.78, 5) is 2.66. The summed E-state index contributed by atoms with van der Waals surface area (Å²) in [6.07, 6.45) is 2.37. The minimum absolute atomic E-state index is 0.154. The average Bonchev–Trinajstić information content (AvgIpc) is 3.10. The van der Waals surface area contributed by atoms with Gasteiger partial charge in [0.2, 0.25) is 0 Å². The van der Waals surface area contributed by atoms with E-state index in [-0.39, 0.29) is 6.61 Å². The molecule has 17 heavy (non-hydrogen) atoms. The van der Waals surface area contributed by atoms with Crippen LogP contribution in [0.2, 0.25) is 0 Å². The lowest BCUT2D eigenvalue weighted by Gasteiger charge is -2.28. The molecule has 0 aliphatic heterocycles. The van der Waals surface area contributed by atoms with E-state index in [1.165, 1.54) is 12.8 Å². The second-order valence-electron chi connectivity index (χ2n) is 4.48. The van der Waals surface area contributed by atoms with E-state index < -0.39 is 0 Å². The maximum Gasteiger partial charge on any atom is 0.106 e. The SMILES string of the molecule is Cc1cccc(C(N)=S)c1N(CCO)C1CC1. The molecule has 0 amide bonds. The van der Waals surface area contributed by atoms with Gasteiger partial charge in [0.25, 0.3) is 0 Å². The van der Waals surface area contributed by atoms with Crippen molar-refractivity contribution in [1.82, 2.24) is 0 Å². The molecule has 0 bridgehead atoms. The molecular formula is C13H18N2OS. The van der Waals surface area contributed by atoms with Gasteiger partial charge in [0, 0.05) is 18.2 Å². The number of anilines is 1. The van der Waals surface area contributed by atoms with Gasteiger partial charge in [-0.3, -0.25) is 0 Å². The zero-order valence-electron chi connectivity index (χ0n) is 10.0. The van der Waals surface area contributed by atoms with Crippen LogP contribution in [-0.2, 0) is 0 Å². The van der Waals surface area contributed by atoms with Gasteiger partial charge in [-0.1, -0.05) is 24.4 Å². The van der Waals surface area contributed by atoms with Crippen LogP contribution in [0.3, 0.4) is 0 Å². The first-order valence-electron chi connectivity index (χ1n) is 5.92. The zero-order valence-corrected chi connectivity index (χ0v) is 10.8. The number of aryl methyl sites for hydroxylation is 1. The molecule has 1 aliphatic carbocycles. The Hall–Kier alpha value is -1.13. The Morgan fingerprint density at radius 2 is 2.24 bits per heavy atom. The standard InChI is InChI=1S/C13H18N2OS/c1-9-3-2-4-11(13(14)17)12(9)15(7-8-16)10-5-6-10/h2-4,10,16H,5-8H2,1H3,(H2,14,17). The number of hydrogen-bond donors (Lipinski definition) is 2. The van der Waals surface area contributed by atoms with Crippen molar-refractivity contribution in [3.63, 3.8) is 0 Å². The second-order valence-corrected chi connectivity index (χ2v) is 4.92. The molecule has 0 spiro atoms.